The Hall–Kier alpha value is -2.69. The minimum absolute atomic E-state index is 0.0656. The predicted molar refractivity (Wildman–Crippen MR) is 72.8 cm³/mol. The third kappa shape index (κ3) is 1.84. The van der Waals surface area contributed by atoms with Gasteiger partial charge in [0, 0.05) is 11.3 Å². The highest BCUT2D eigenvalue weighted by atomic mass is 19.1. The molecule has 0 radical (unpaired) electrons. The summed E-state index contributed by atoms with van der Waals surface area (Å²) in [6.45, 7) is 0. The summed E-state index contributed by atoms with van der Waals surface area (Å²) >= 11 is 0. The van der Waals surface area contributed by atoms with Crippen LogP contribution in [0.5, 0.6) is 0 Å². The number of fused-ring (bicyclic) bond motifs is 1. The summed E-state index contributed by atoms with van der Waals surface area (Å²) in [6.07, 6.45) is 0.0656. The molecule has 0 aliphatic carbocycles. The molecule has 100 valence electrons. The Balaban J connectivity index is 2.14. The van der Waals surface area contributed by atoms with Crippen molar-refractivity contribution in [2.24, 2.45) is 0 Å². The number of nitrogen functional groups attached to an aromatic ring is 1. The number of benzene rings is 2. The molecule has 0 spiro atoms. The predicted octanol–water partition coefficient (Wildman–Crippen LogP) is 2.14. The summed E-state index contributed by atoms with van der Waals surface area (Å²) in [5, 5.41) is 0. The summed E-state index contributed by atoms with van der Waals surface area (Å²) in [7, 11) is 0. The maximum Gasteiger partial charge on any atom is 0.265 e. The molecule has 0 saturated heterocycles. The first kappa shape index (κ1) is 12.3. The molecule has 2 aromatic carbocycles. The molecule has 1 aliphatic rings. The fourth-order valence-electron chi connectivity index (χ4n) is 2.30. The van der Waals surface area contributed by atoms with E-state index in [2.05, 4.69) is 0 Å². The lowest BCUT2D eigenvalue weighted by atomic mass is 9.98. The molecule has 2 N–H and O–H groups in total. The normalized spacial score (nSPS) is 14.3. The Labute approximate surface area is 114 Å². The van der Waals surface area contributed by atoms with Crippen LogP contribution >= 0.6 is 0 Å². The summed E-state index contributed by atoms with van der Waals surface area (Å²) in [5.74, 6) is -1.64. The third-order valence-corrected chi connectivity index (χ3v) is 3.25. The smallest absolute Gasteiger partial charge is 0.265 e. The number of carbonyl (C=O) groups is 2. The van der Waals surface area contributed by atoms with Gasteiger partial charge in [0.1, 0.15) is 5.82 Å². The number of hydrogen-bond donors (Lipinski definition) is 1. The standard InChI is InChI=1S/C15H11FN2O2/c16-12-6-5-10(17)8-13(12)18-14(19)7-9-3-1-2-4-11(9)15(18)20/h1-6,8H,7,17H2. The number of carbonyl (C=O) groups excluding carboxylic acids is 2. The fraction of sp³-hybridized carbons (Fsp3) is 0.0667. The second-order valence-corrected chi connectivity index (χ2v) is 4.58. The molecule has 5 heteroatoms. The van der Waals surface area contributed by atoms with Crippen LogP contribution in [0.2, 0.25) is 0 Å². The van der Waals surface area contributed by atoms with Crippen LogP contribution in [-0.4, -0.2) is 11.8 Å². The van der Waals surface area contributed by atoms with Crippen molar-refractivity contribution >= 4 is 23.2 Å². The van der Waals surface area contributed by atoms with E-state index in [0.29, 0.717) is 16.8 Å². The molecule has 20 heavy (non-hydrogen) atoms. The minimum Gasteiger partial charge on any atom is -0.399 e. The molecule has 4 nitrogen and oxygen atoms in total. The van der Waals surface area contributed by atoms with Crippen LogP contribution in [0.1, 0.15) is 15.9 Å². The van der Waals surface area contributed by atoms with E-state index in [0.717, 1.165) is 11.0 Å². The van der Waals surface area contributed by atoms with Gasteiger partial charge in [0.15, 0.2) is 0 Å². The van der Waals surface area contributed by atoms with Crippen LogP contribution in [0.25, 0.3) is 0 Å². The molecule has 0 unspecified atom stereocenters. The van der Waals surface area contributed by atoms with Crippen LogP contribution in [0.3, 0.4) is 0 Å². The van der Waals surface area contributed by atoms with Crippen molar-refractivity contribution in [1.82, 2.24) is 0 Å². The van der Waals surface area contributed by atoms with Gasteiger partial charge < -0.3 is 5.73 Å². The zero-order valence-electron chi connectivity index (χ0n) is 10.5. The van der Waals surface area contributed by atoms with E-state index >= 15 is 0 Å². The highest BCUT2D eigenvalue weighted by Gasteiger charge is 2.33. The van der Waals surface area contributed by atoms with Gasteiger partial charge in [-0.1, -0.05) is 18.2 Å². The van der Waals surface area contributed by atoms with E-state index in [-0.39, 0.29) is 12.1 Å². The molecule has 2 aromatic rings. The largest absolute Gasteiger partial charge is 0.399 e. The lowest BCUT2D eigenvalue weighted by Gasteiger charge is -2.27. The van der Waals surface area contributed by atoms with Crippen LogP contribution in [0, 0.1) is 5.82 Å². The molecule has 0 saturated carbocycles. The van der Waals surface area contributed by atoms with Crippen molar-refractivity contribution in [3.8, 4) is 0 Å². The molecule has 0 aromatic heterocycles. The van der Waals surface area contributed by atoms with Gasteiger partial charge in [-0.3, -0.25) is 9.59 Å². The van der Waals surface area contributed by atoms with Crippen LogP contribution < -0.4 is 10.6 Å². The van der Waals surface area contributed by atoms with E-state index in [1.807, 2.05) is 0 Å². The molecule has 0 bridgehead atoms. The fourth-order valence-corrected chi connectivity index (χ4v) is 2.30. The van der Waals surface area contributed by atoms with E-state index in [1.54, 1.807) is 24.3 Å². The molecule has 3 rings (SSSR count). The molecule has 1 aliphatic heterocycles. The highest BCUT2D eigenvalue weighted by Crippen LogP contribution is 2.28. The van der Waals surface area contributed by atoms with E-state index in [9.17, 15) is 14.0 Å². The second kappa shape index (κ2) is 4.45. The van der Waals surface area contributed by atoms with Gasteiger partial charge in [-0.25, -0.2) is 9.29 Å². The van der Waals surface area contributed by atoms with Gasteiger partial charge in [0.05, 0.1) is 12.1 Å². The number of nitrogens with two attached hydrogens (primary N) is 1. The summed E-state index contributed by atoms with van der Waals surface area (Å²) < 4.78 is 13.9. The number of hydrogen-bond acceptors (Lipinski definition) is 3. The number of rotatable bonds is 1. The quantitative estimate of drug-likeness (QED) is 0.638. The highest BCUT2D eigenvalue weighted by molar-refractivity contribution is 6.24. The number of amides is 2. The van der Waals surface area contributed by atoms with Crippen molar-refractivity contribution in [2.45, 2.75) is 6.42 Å². The molecule has 2 amide bonds. The maximum atomic E-state index is 13.9. The van der Waals surface area contributed by atoms with Gasteiger partial charge in [-0.2, -0.15) is 0 Å². The van der Waals surface area contributed by atoms with Gasteiger partial charge >= 0.3 is 0 Å². The third-order valence-electron chi connectivity index (χ3n) is 3.25. The molecular formula is C15H11FN2O2. The Kier molecular flexibility index (Phi) is 2.75. The van der Waals surface area contributed by atoms with Gasteiger partial charge in [-0.15, -0.1) is 0 Å². The Morgan fingerprint density at radius 1 is 1.10 bits per heavy atom. The topological polar surface area (TPSA) is 63.4 Å². The lowest BCUT2D eigenvalue weighted by Crippen LogP contribution is -2.43. The zero-order valence-corrected chi connectivity index (χ0v) is 10.5. The average Bonchev–Trinajstić information content (AvgIpc) is 2.42. The SMILES string of the molecule is Nc1ccc(F)c(N2C(=O)Cc3ccccc3C2=O)c1. The molecule has 0 fully saturated rings. The molecular weight excluding hydrogens is 259 g/mol. The Bertz CT molecular complexity index is 728. The first-order valence-electron chi connectivity index (χ1n) is 6.08. The monoisotopic (exact) mass is 270 g/mol. The van der Waals surface area contributed by atoms with Crippen LogP contribution in [-0.2, 0) is 11.2 Å². The second-order valence-electron chi connectivity index (χ2n) is 4.58. The average molecular weight is 270 g/mol. The van der Waals surface area contributed by atoms with Gasteiger partial charge in [0.2, 0.25) is 5.91 Å². The molecule has 1 heterocycles. The van der Waals surface area contributed by atoms with E-state index in [1.165, 1.54) is 12.1 Å². The minimum atomic E-state index is -0.653. The number of nitrogens with zero attached hydrogens (tertiary/aromatic N) is 1. The van der Waals surface area contributed by atoms with Crippen molar-refractivity contribution < 1.29 is 14.0 Å². The van der Waals surface area contributed by atoms with Crippen molar-refractivity contribution in [2.75, 3.05) is 10.6 Å². The van der Waals surface area contributed by atoms with Crippen LogP contribution in [0.4, 0.5) is 15.8 Å². The maximum absolute atomic E-state index is 13.9. The van der Waals surface area contributed by atoms with E-state index in [4.69, 9.17) is 5.73 Å². The van der Waals surface area contributed by atoms with Crippen LogP contribution in [0.15, 0.2) is 42.5 Å². The van der Waals surface area contributed by atoms with E-state index < -0.39 is 17.6 Å². The van der Waals surface area contributed by atoms with Gasteiger partial charge in [0.25, 0.3) is 5.91 Å². The van der Waals surface area contributed by atoms with Crippen molar-refractivity contribution in [1.29, 1.82) is 0 Å². The summed E-state index contributed by atoms with van der Waals surface area (Å²) in [4.78, 5) is 25.4. The summed E-state index contributed by atoms with van der Waals surface area (Å²) in [5.41, 5.74) is 6.86. The first-order valence-corrected chi connectivity index (χ1v) is 6.08. The van der Waals surface area contributed by atoms with Crippen molar-refractivity contribution in [3.63, 3.8) is 0 Å². The summed E-state index contributed by atoms with van der Waals surface area (Å²) in [6, 6.07) is 10.6. The zero-order chi connectivity index (χ0) is 14.3. The van der Waals surface area contributed by atoms with Gasteiger partial charge in [-0.05, 0) is 29.8 Å². The lowest BCUT2D eigenvalue weighted by molar-refractivity contribution is -0.117. The molecule has 0 atom stereocenters. The number of halogens is 1. The van der Waals surface area contributed by atoms with Crippen molar-refractivity contribution in [3.05, 3.63) is 59.4 Å². The Morgan fingerprint density at radius 3 is 2.65 bits per heavy atom. The first-order chi connectivity index (χ1) is 9.58. The number of imide groups is 1. The number of anilines is 2. The Morgan fingerprint density at radius 2 is 1.85 bits per heavy atom.